The van der Waals surface area contributed by atoms with Gasteiger partial charge in [-0.15, -0.1) is 0 Å². The fourth-order valence-electron chi connectivity index (χ4n) is 2.93. The Kier molecular flexibility index (Phi) is 8.09. The lowest BCUT2D eigenvalue weighted by atomic mass is 10.1. The average Bonchev–Trinajstić information content (AvgIpc) is 2.81. The molecule has 0 amide bonds. The quantitative estimate of drug-likeness (QED) is 0.422. The van der Waals surface area contributed by atoms with E-state index in [0.29, 0.717) is 19.0 Å². The van der Waals surface area contributed by atoms with Crippen LogP contribution in [0.5, 0.6) is 11.6 Å². The first-order valence-electron chi connectivity index (χ1n) is 9.96. The summed E-state index contributed by atoms with van der Waals surface area (Å²) in [6, 6.07) is 22.1. The highest BCUT2D eigenvalue weighted by Crippen LogP contribution is 2.16. The number of benzene rings is 2. The van der Waals surface area contributed by atoms with E-state index in [1.807, 2.05) is 54.6 Å². The van der Waals surface area contributed by atoms with E-state index in [0.717, 1.165) is 35.8 Å². The van der Waals surface area contributed by atoms with Gasteiger partial charge in [0, 0.05) is 31.9 Å². The van der Waals surface area contributed by atoms with Gasteiger partial charge in [0.25, 0.3) is 0 Å². The molecule has 30 heavy (non-hydrogen) atoms. The highest BCUT2D eigenvalue weighted by molar-refractivity contribution is 5.79. The van der Waals surface area contributed by atoms with E-state index in [1.165, 1.54) is 5.56 Å². The van der Waals surface area contributed by atoms with Gasteiger partial charge in [0.2, 0.25) is 5.88 Å². The predicted molar refractivity (Wildman–Crippen MR) is 120 cm³/mol. The van der Waals surface area contributed by atoms with Gasteiger partial charge in [-0.25, -0.2) is 4.98 Å². The number of rotatable bonds is 9. The van der Waals surface area contributed by atoms with Crippen LogP contribution >= 0.6 is 0 Å². The first kappa shape index (κ1) is 21.2. The Bertz CT molecular complexity index is 927. The molecule has 0 radical (unpaired) electrons. The van der Waals surface area contributed by atoms with Crippen molar-refractivity contribution in [1.82, 2.24) is 15.6 Å². The first-order chi connectivity index (χ1) is 14.8. The number of aromatic nitrogens is 1. The third-order valence-corrected chi connectivity index (χ3v) is 4.60. The summed E-state index contributed by atoms with van der Waals surface area (Å²) in [7, 11) is 3.44. The van der Waals surface area contributed by atoms with Gasteiger partial charge in [-0.1, -0.05) is 48.5 Å². The Hall–Kier alpha value is -3.54. The molecular weight excluding hydrogens is 376 g/mol. The van der Waals surface area contributed by atoms with Crippen molar-refractivity contribution in [1.29, 1.82) is 0 Å². The molecule has 156 valence electrons. The van der Waals surface area contributed by atoms with Crippen LogP contribution in [-0.4, -0.2) is 31.6 Å². The van der Waals surface area contributed by atoms with E-state index in [1.54, 1.807) is 20.4 Å². The van der Waals surface area contributed by atoms with Crippen LogP contribution in [-0.2, 0) is 19.6 Å². The van der Waals surface area contributed by atoms with Crippen LogP contribution < -0.4 is 20.1 Å². The van der Waals surface area contributed by atoms with Crippen LogP contribution in [0.25, 0.3) is 0 Å². The van der Waals surface area contributed by atoms with Crippen molar-refractivity contribution < 1.29 is 9.47 Å². The van der Waals surface area contributed by atoms with Gasteiger partial charge in [-0.05, 0) is 35.7 Å². The second kappa shape index (κ2) is 11.5. The molecule has 6 nitrogen and oxygen atoms in total. The monoisotopic (exact) mass is 404 g/mol. The second-order valence-corrected chi connectivity index (χ2v) is 6.69. The van der Waals surface area contributed by atoms with E-state index in [2.05, 4.69) is 32.7 Å². The summed E-state index contributed by atoms with van der Waals surface area (Å²) in [5.41, 5.74) is 3.33. The number of nitrogens with one attached hydrogen (secondary N) is 2. The number of hydrogen-bond donors (Lipinski definition) is 2. The fourth-order valence-corrected chi connectivity index (χ4v) is 2.93. The lowest BCUT2D eigenvalue weighted by molar-refractivity contribution is 0.290. The van der Waals surface area contributed by atoms with E-state index < -0.39 is 0 Å². The largest absolute Gasteiger partial charge is 0.497 e. The molecule has 0 spiro atoms. The maximum absolute atomic E-state index is 5.93. The maximum atomic E-state index is 5.93. The Morgan fingerprint density at radius 3 is 2.47 bits per heavy atom. The smallest absolute Gasteiger partial charge is 0.218 e. The SMILES string of the molecule is CN=C(NCCc1ccc(OC)cc1)NCc1cccnc1OCc1ccccc1. The standard InChI is InChI=1S/C24H28N4O2/c1-25-24(27-16-14-19-10-12-22(29-2)13-11-19)28-17-21-9-6-15-26-23(21)30-18-20-7-4-3-5-8-20/h3-13,15H,14,16-18H2,1-2H3,(H2,25,27,28). The Morgan fingerprint density at radius 1 is 0.933 bits per heavy atom. The topological polar surface area (TPSA) is 67.8 Å². The molecule has 1 aromatic heterocycles. The van der Waals surface area contributed by atoms with Crippen molar-refractivity contribution >= 4 is 5.96 Å². The van der Waals surface area contributed by atoms with Crippen LogP contribution in [0.15, 0.2) is 77.9 Å². The van der Waals surface area contributed by atoms with Crippen LogP contribution in [0.2, 0.25) is 0 Å². The van der Waals surface area contributed by atoms with Crippen molar-refractivity contribution in [3.05, 3.63) is 89.6 Å². The zero-order chi connectivity index (χ0) is 21.0. The fraction of sp³-hybridized carbons (Fsp3) is 0.250. The van der Waals surface area contributed by atoms with E-state index in [9.17, 15) is 0 Å². The average molecular weight is 405 g/mol. The van der Waals surface area contributed by atoms with Crippen LogP contribution in [0.1, 0.15) is 16.7 Å². The molecule has 0 aliphatic heterocycles. The minimum absolute atomic E-state index is 0.486. The molecule has 0 aliphatic rings. The third kappa shape index (κ3) is 6.51. The number of nitrogens with zero attached hydrogens (tertiary/aromatic N) is 2. The number of ether oxygens (including phenoxy) is 2. The summed E-state index contributed by atoms with van der Waals surface area (Å²) in [4.78, 5) is 8.68. The van der Waals surface area contributed by atoms with Gasteiger partial charge in [0.05, 0.1) is 7.11 Å². The van der Waals surface area contributed by atoms with Crippen molar-refractivity contribution in [3.8, 4) is 11.6 Å². The van der Waals surface area contributed by atoms with E-state index in [4.69, 9.17) is 9.47 Å². The van der Waals surface area contributed by atoms with Gasteiger partial charge in [0.15, 0.2) is 5.96 Å². The van der Waals surface area contributed by atoms with Gasteiger partial charge >= 0.3 is 0 Å². The molecule has 1 heterocycles. The number of methoxy groups -OCH3 is 1. The molecule has 2 aromatic carbocycles. The van der Waals surface area contributed by atoms with Crippen molar-refractivity contribution in [2.24, 2.45) is 4.99 Å². The minimum Gasteiger partial charge on any atom is -0.497 e. The molecule has 0 bridgehead atoms. The molecule has 0 saturated carbocycles. The Balaban J connectivity index is 1.48. The second-order valence-electron chi connectivity index (χ2n) is 6.69. The Labute approximate surface area is 178 Å². The van der Waals surface area contributed by atoms with E-state index in [-0.39, 0.29) is 0 Å². The zero-order valence-corrected chi connectivity index (χ0v) is 17.5. The lowest BCUT2D eigenvalue weighted by Gasteiger charge is -2.14. The highest BCUT2D eigenvalue weighted by Gasteiger charge is 2.07. The summed E-state index contributed by atoms with van der Waals surface area (Å²) in [6.45, 7) is 1.83. The van der Waals surface area contributed by atoms with Crippen LogP contribution in [0, 0.1) is 0 Å². The molecule has 0 fully saturated rings. The van der Waals surface area contributed by atoms with Gasteiger partial charge in [-0.2, -0.15) is 0 Å². The molecule has 6 heteroatoms. The predicted octanol–water partition coefficient (Wildman–Crippen LogP) is 3.58. The minimum atomic E-state index is 0.486. The van der Waals surface area contributed by atoms with Gasteiger partial charge in [0.1, 0.15) is 12.4 Å². The highest BCUT2D eigenvalue weighted by atomic mass is 16.5. The summed E-state index contributed by atoms with van der Waals surface area (Å²) in [5, 5.41) is 6.67. The number of hydrogen-bond acceptors (Lipinski definition) is 4. The van der Waals surface area contributed by atoms with E-state index >= 15 is 0 Å². The van der Waals surface area contributed by atoms with Crippen molar-refractivity contribution in [3.63, 3.8) is 0 Å². The maximum Gasteiger partial charge on any atom is 0.218 e. The summed E-state index contributed by atoms with van der Waals surface area (Å²) < 4.78 is 11.1. The van der Waals surface area contributed by atoms with Crippen molar-refractivity contribution in [2.45, 2.75) is 19.6 Å². The Morgan fingerprint density at radius 2 is 1.73 bits per heavy atom. The first-order valence-corrected chi connectivity index (χ1v) is 9.96. The molecule has 0 aliphatic carbocycles. The zero-order valence-electron chi connectivity index (χ0n) is 17.5. The van der Waals surface area contributed by atoms with Crippen LogP contribution in [0.3, 0.4) is 0 Å². The molecule has 3 aromatic rings. The molecule has 2 N–H and O–H groups in total. The third-order valence-electron chi connectivity index (χ3n) is 4.60. The number of pyridine rings is 1. The molecule has 0 unspecified atom stereocenters. The van der Waals surface area contributed by atoms with Gasteiger partial charge < -0.3 is 20.1 Å². The molecular formula is C24H28N4O2. The lowest BCUT2D eigenvalue weighted by Crippen LogP contribution is -2.38. The van der Waals surface area contributed by atoms with Gasteiger partial charge in [-0.3, -0.25) is 4.99 Å². The van der Waals surface area contributed by atoms with Crippen LogP contribution in [0.4, 0.5) is 0 Å². The summed E-state index contributed by atoms with van der Waals surface area (Å²) >= 11 is 0. The molecule has 3 rings (SSSR count). The molecule has 0 atom stereocenters. The van der Waals surface area contributed by atoms with Crippen molar-refractivity contribution in [2.75, 3.05) is 20.7 Å². The molecule has 0 saturated heterocycles. The number of aliphatic imine (C=N–C) groups is 1. The number of guanidine groups is 1. The summed E-state index contributed by atoms with van der Waals surface area (Å²) in [5.74, 6) is 2.23. The summed E-state index contributed by atoms with van der Waals surface area (Å²) in [6.07, 6.45) is 2.63. The normalized spacial score (nSPS) is 11.1.